The van der Waals surface area contributed by atoms with Crippen LogP contribution in [0.15, 0.2) is 27.6 Å². The molecule has 0 N–H and O–H groups in total. The second kappa shape index (κ2) is 3.96. The van der Waals surface area contributed by atoms with E-state index in [-0.39, 0.29) is 5.56 Å². The number of hydrogen-bond acceptors (Lipinski definition) is 1. The lowest BCUT2D eigenvalue weighted by Crippen LogP contribution is -2.06. The van der Waals surface area contributed by atoms with E-state index >= 15 is 0 Å². The minimum atomic E-state index is -2.77. The summed E-state index contributed by atoms with van der Waals surface area (Å²) in [6.45, 7) is 0.902. The Balaban J connectivity index is 3.16. The first-order chi connectivity index (χ1) is 5.93. The highest BCUT2D eigenvalue weighted by Crippen LogP contribution is 2.32. The monoisotopic (exact) mass is 266 g/mol. The highest BCUT2D eigenvalue weighted by molar-refractivity contribution is 9.10. The molecule has 0 fully saturated rings. The molecular weight excluding hydrogens is 258 g/mol. The summed E-state index contributed by atoms with van der Waals surface area (Å²) in [6, 6.07) is 4.77. The Morgan fingerprint density at radius 3 is 2.38 bits per heavy atom. The molecular formula is C9H9BrF2S. The number of rotatable bonds is 2. The number of alkyl halides is 2. The van der Waals surface area contributed by atoms with E-state index in [4.69, 9.17) is 0 Å². The van der Waals surface area contributed by atoms with Crippen LogP contribution in [-0.4, -0.2) is 6.26 Å². The maximum atomic E-state index is 12.9. The van der Waals surface area contributed by atoms with Crippen molar-refractivity contribution in [1.29, 1.82) is 0 Å². The first kappa shape index (κ1) is 11.0. The van der Waals surface area contributed by atoms with Gasteiger partial charge in [-0.15, -0.1) is 11.8 Å². The van der Waals surface area contributed by atoms with Crippen molar-refractivity contribution in [1.82, 2.24) is 0 Å². The van der Waals surface area contributed by atoms with Gasteiger partial charge in [0.05, 0.1) is 0 Å². The van der Waals surface area contributed by atoms with E-state index < -0.39 is 5.92 Å². The van der Waals surface area contributed by atoms with Crippen LogP contribution in [-0.2, 0) is 5.92 Å². The molecule has 0 bridgehead atoms. The van der Waals surface area contributed by atoms with E-state index in [0.717, 1.165) is 11.8 Å². The first-order valence-corrected chi connectivity index (χ1v) is 5.68. The lowest BCUT2D eigenvalue weighted by Gasteiger charge is -2.12. The molecule has 1 rings (SSSR count). The number of halogens is 3. The second-order valence-electron chi connectivity index (χ2n) is 2.77. The van der Waals surface area contributed by atoms with Crippen LogP contribution in [0.4, 0.5) is 8.78 Å². The van der Waals surface area contributed by atoms with E-state index in [1.807, 2.05) is 12.3 Å². The predicted molar refractivity (Wildman–Crippen MR) is 55.5 cm³/mol. The summed E-state index contributed by atoms with van der Waals surface area (Å²) in [5, 5.41) is 0. The molecule has 0 spiro atoms. The van der Waals surface area contributed by atoms with Gasteiger partial charge in [-0.25, -0.2) is 8.78 Å². The zero-order valence-electron chi connectivity index (χ0n) is 7.27. The molecule has 0 aliphatic heterocycles. The fourth-order valence-corrected chi connectivity index (χ4v) is 2.07. The Morgan fingerprint density at radius 1 is 1.31 bits per heavy atom. The molecule has 0 radical (unpaired) electrons. The van der Waals surface area contributed by atoms with Gasteiger partial charge in [0.15, 0.2) is 0 Å². The second-order valence-corrected chi connectivity index (χ2v) is 4.56. The van der Waals surface area contributed by atoms with Crippen molar-refractivity contribution in [3.05, 3.63) is 28.2 Å². The molecule has 4 heteroatoms. The zero-order chi connectivity index (χ0) is 10.1. The van der Waals surface area contributed by atoms with Crippen LogP contribution in [0, 0.1) is 0 Å². The fraction of sp³-hybridized carbons (Fsp3) is 0.333. The molecule has 0 aromatic heterocycles. The van der Waals surface area contributed by atoms with Crippen molar-refractivity contribution >= 4 is 27.7 Å². The molecule has 0 amide bonds. The van der Waals surface area contributed by atoms with Crippen molar-refractivity contribution in [3.8, 4) is 0 Å². The lowest BCUT2D eigenvalue weighted by atomic mass is 10.1. The van der Waals surface area contributed by atoms with Gasteiger partial charge in [-0.2, -0.15) is 0 Å². The summed E-state index contributed by atoms with van der Waals surface area (Å²) in [4.78, 5) is 0.839. The highest BCUT2D eigenvalue weighted by atomic mass is 79.9. The summed E-state index contributed by atoms with van der Waals surface area (Å²) in [5.74, 6) is -2.77. The minimum absolute atomic E-state index is 0.0474. The summed E-state index contributed by atoms with van der Waals surface area (Å²) in [7, 11) is 0. The SMILES string of the molecule is CSc1cc(Br)cc(C(C)(F)F)c1. The van der Waals surface area contributed by atoms with Gasteiger partial charge in [0.1, 0.15) is 0 Å². The van der Waals surface area contributed by atoms with E-state index in [2.05, 4.69) is 15.9 Å². The number of benzene rings is 1. The van der Waals surface area contributed by atoms with Crippen molar-refractivity contribution in [2.45, 2.75) is 17.7 Å². The van der Waals surface area contributed by atoms with Crippen LogP contribution in [0.3, 0.4) is 0 Å². The first-order valence-electron chi connectivity index (χ1n) is 3.66. The molecule has 0 saturated carbocycles. The Bertz CT molecular complexity index is 307. The average Bonchev–Trinajstić information content (AvgIpc) is 2.01. The van der Waals surface area contributed by atoms with Gasteiger partial charge in [0, 0.05) is 21.9 Å². The predicted octanol–water partition coefficient (Wildman–Crippen LogP) is 4.28. The zero-order valence-corrected chi connectivity index (χ0v) is 9.68. The van der Waals surface area contributed by atoms with Crippen molar-refractivity contribution in [2.75, 3.05) is 6.26 Å². The van der Waals surface area contributed by atoms with E-state index in [1.165, 1.54) is 23.9 Å². The fourth-order valence-electron chi connectivity index (χ4n) is 0.934. The van der Waals surface area contributed by atoms with Crippen LogP contribution in [0.25, 0.3) is 0 Å². The third-order valence-corrected chi connectivity index (χ3v) is 2.78. The van der Waals surface area contributed by atoms with Crippen LogP contribution < -0.4 is 0 Å². The summed E-state index contributed by atoms with van der Waals surface area (Å²) >= 11 is 4.65. The van der Waals surface area contributed by atoms with Crippen molar-refractivity contribution in [2.24, 2.45) is 0 Å². The quantitative estimate of drug-likeness (QED) is 0.720. The van der Waals surface area contributed by atoms with Gasteiger partial charge >= 0.3 is 0 Å². The average molecular weight is 267 g/mol. The van der Waals surface area contributed by atoms with Gasteiger partial charge in [-0.05, 0) is 24.5 Å². The van der Waals surface area contributed by atoms with Crippen LogP contribution in [0.2, 0.25) is 0 Å². The molecule has 1 aromatic carbocycles. The topological polar surface area (TPSA) is 0 Å². The molecule has 0 unspecified atom stereocenters. The van der Waals surface area contributed by atoms with Crippen molar-refractivity contribution in [3.63, 3.8) is 0 Å². The smallest absolute Gasteiger partial charge is 0.202 e. The number of hydrogen-bond donors (Lipinski definition) is 0. The molecule has 0 aliphatic carbocycles. The molecule has 0 saturated heterocycles. The van der Waals surface area contributed by atoms with E-state index in [1.54, 1.807) is 0 Å². The number of thioether (sulfide) groups is 1. The summed E-state index contributed by atoms with van der Waals surface area (Å²) in [5.41, 5.74) is 0.0474. The minimum Gasteiger partial charge on any atom is -0.202 e. The Kier molecular flexibility index (Phi) is 3.35. The van der Waals surface area contributed by atoms with E-state index in [9.17, 15) is 8.78 Å². The molecule has 0 atom stereocenters. The molecule has 0 heterocycles. The van der Waals surface area contributed by atoms with Crippen LogP contribution in [0.1, 0.15) is 12.5 Å². The molecule has 1 aromatic rings. The van der Waals surface area contributed by atoms with Gasteiger partial charge in [-0.3, -0.25) is 0 Å². The third-order valence-electron chi connectivity index (χ3n) is 1.61. The Morgan fingerprint density at radius 2 is 1.92 bits per heavy atom. The summed E-state index contributed by atoms with van der Waals surface area (Å²) in [6.07, 6.45) is 1.86. The van der Waals surface area contributed by atoms with Gasteiger partial charge in [0.2, 0.25) is 0 Å². The normalized spacial score (nSPS) is 11.8. The largest absolute Gasteiger partial charge is 0.270 e. The van der Waals surface area contributed by atoms with Gasteiger partial charge in [-0.1, -0.05) is 15.9 Å². The van der Waals surface area contributed by atoms with Gasteiger partial charge in [0.25, 0.3) is 5.92 Å². The highest BCUT2D eigenvalue weighted by Gasteiger charge is 2.24. The Hall–Kier alpha value is -0.0900. The van der Waals surface area contributed by atoms with Crippen LogP contribution in [0.5, 0.6) is 0 Å². The molecule has 0 aliphatic rings. The molecule has 13 heavy (non-hydrogen) atoms. The molecule has 0 nitrogen and oxygen atoms in total. The van der Waals surface area contributed by atoms with Gasteiger partial charge < -0.3 is 0 Å². The van der Waals surface area contributed by atoms with Crippen molar-refractivity contribution < 1.29 is 8.78 Å². The standard InChI is InChI=1S/C9H9BrF2S/c1-9(11,12)6-3-7(10)5-8(4-6)13-2/h3-5H,1-2H3. The third kappa shape index (κ3) is 2.95. The lowest BCUT2D eigenvalue weighted by molar-refractivity contribution is 0.0172. The maximum Gasteiger partial charge on any atom is 0.270 e. The van der Waals surface area contributed by atoms with Crippen LogP contribution >= 0.6 is 27.7 Å². The Labute approximate surface area is 88.8 Å². The van der Waals surface area contributed by atoms with E-state index in [0.29, 0.717) is 4.47 Å². The maximum absolute atomic E-state index is 12.9. The molecule has 72 valence electrons. The summed E-state index contributed by atoms with van der Waals surface area (Å²) < 4.78 is 26.5.